The summed E-state index contributed by atoms with van der Waals surface area (Å²) >= 11 is 1.09. The molecule has 176 valence electrons. The molecule has 34 heavy (non-hydrogen) atoms. The van der Waals surface area contributed by atoms with Crippen LogP contribution >= 0.6 is 11.3 Å². The van der Waals surface area contributed by atoms with Crippen molar-refractivity contribution in [1.29, 1.82) is 0 Å². The molecule has 2 aromatic carbocycles. The molecule has 6 nitrogen and oxygen atoms in total. The van der Waals surface area contributed by atoms with Gasteiger partial charge in [0.25, 0.3) is 11.8 Å². The molecule has 2 heterocycles. The predicted molar refractivity (Wildman–Crippen MR) is 124 cm³/mol. The second-order valence-electron chi connectivity index (χ2n) is 8.01. The Labute approximate surface area is 198 Å². The first-order valence-electron chi connectivity index (χ1n) is 10.8. The van der Waals surface area contributed by atoms with Crippen LogP contribution < -0.4 is 5.32 Å². The number of carbonyl (C=O) groups is 3. The second kappa shape index (κ2) is 9.72. The van der Waals surface area contributed by atoms with Gasteiger partial charge in [0.15, 0.2) is 0 Å². The summed E-state index contributed by atoms with van der Waals surface area (Å²) in [4.78, 5) is 39.5. The maximum Gasteiger partial charge on any atom is 0.339 e. The largest absolute Gasteiger partial charge is 0.478 e. The van der Waals surface area contributed by atoms with Gasteiger partial charge in [-0.05, 0) is 48.2 Å². The van der Waals surface area contributed by atoms with Gasteiger partial charge in [-0.3, -0.25) is 9.59 Å². The lowest BCUT2D eigenvalue weighted by atomic mass is 10.0. The summed E-state index contributed by atoms with van der Waals surface area (Å²) in [6.07, 6.45) is 2.13. The van der Waals surface area contributed by atoms with Gasteiger partial charge in [-0.1, -0.05) is 25.5 Å². The standard InChI is InChI=1S/C25H22F2N2O4S/c1-2-3-14-4-6-15(7-5-14)22(30)28-23-21(25(32)33)18-10-11-29(13-20(18)34-23)24(31)17-9-8-16(26)12-19(17)27/h4-9,12H,2-3,10-11,13H2,1H3,(H,28,30)(H,32,33). The van der Waals surface area contributed by atoms with Crippen molar-refractivity contribution in [3.05, 3.63) is 86.8 Å². The molecule has 2 amide bonds. The lowest BCUT2D eigenvalue weighted by Gasteiger charge is -2.27. The number of carboxylic acids is 1. The minimum absolute atomic E-state index is 0.0102. The van der Waals surface area contributed by atoms with Crippen LogP contribution in [0.15, 0.2) is 42.5 Å². The van der Waals surface area contributed by atoms with E-state index in [1.54, 1.807) is 12.1 Å². The van der Waals surface area contributed by atoms with Crippen LogP contribution in [0.2, 0.25) is 0 Å². The number of carbonyl (C=O) groups excluding carboxylic acids is 2. The third kappa shape index (κ3) is 4.70. The Hall–Kier alpha value is -3.59. The van der Waals surface area contributed by atoms with Crippen molar-refractivity contribution in [3.8, 4) is 0 Å². The maximum atomic E-state index is 14.1. The summed E-state index contributed by atoms with van der Waals surface area (Å²) in [5.74, 6) is -3.93. The Morgan fingerprint density at radius 2 is 1.85 bits per heavy atom. The van der Waals surface area contributed by atoms with E-state index in [1.807, 2.05) is 12.1 Å². The lowest BCUT2D eigenvalue weighted by Crippen LogP contribution is -2.36. The van der Waals surface area contributed by atoms with E-state index in [1.165, 1.54) is 4.90 Å². The highest BCUT2D eigenvalue weighted by atomic mass is 32.1. The number of halogens is 2. The number of nitrogens with zero attached hydrogens (tertiary/aromatic N) is 1. The van der Waals surface area contributed by atoms with Crippen LogP contribution in [0.1, 0.15) is 60.4 Å². The Kier molecular flexibility index (Phi) is 6.74. The van der Waals surface area contributed by atoms with Gasteiger partial charge in [-0.15, -0.1) is 11.3 Å². The van der Waals surface area contributed by atoms with Gasteiger partial charge >= 0.3 is 5.97 Å². The molecular formula is C25H22F2N2O4S. The first kappa shape index (κ1) is 23.6. The molecule has 0 unspecified atom stereocenters. The Bertz CT molecular complexity index is 1270. The van der Waals surface area contributed by atoms with Crippen LogP contribution in [-0.2, 0) is 19.4 Å². The van der Waals surface area contributed by atoms with Gasteiger partial charge in [-0.2, -0.15) is 0 Å². The van der Waals surface area contributed by atoms with Crippen molar-refractivity contribution in [2.45, 2.75) is 32.7 Å². The fraction of sp³-hybridized carbons (Fsp3) is 0.240. The van der Waals surface area contributed by atoms with Gasteiger partial charge in [0.1, 0.15) is 16.6 Å². The number of aromatic carboxylic acids is 1. The number of nitrogens with one attached hydrogen (secondary N) is 1. The number of anilines is 1. The van der Waals surface area contributed by atoms with Gasteiger partial charge in [0, 0.05) is 23.1 Å². The number of hydrogen-bond donors (Lipinski definition) is 2. The zero-order valence-corrected chi connectivity index (χ0v) is 19.2. The smallest absolute Gasteiger partial charge is 0.339 e. The van der Waals surface area contributed by atoms with Crippen LogP contribution in [0.4, 0.5) is 13.8 Å². The molecule has 2 N–H and O–H groups in total. The molecule has 9 heteroatoms. The van der Waals surface area contributed by atoms with Gasteiger partial charge in [0.05, 0.1) is 17.7 Å². The van der Waals surface area contributed by atoms with E-state index in [-0.39, 0.29) is 35.6 Å². The highest BCUT2D eigenvalue weighted by Gasteiger charge is 2.31. The van der Waals surface area contributed by atoms with Crippen molar-refractivity contribution in [2.75, 3.05) is 11.9 Å². The highest BCUT2D eigenvalue weighted by molar-refractivity contribution is 7.17. The van der Waals surface area contributed by atoms with E-state index < -0.39 is 29.4 Å². The summed E-state index contributed by atoms with van der Waals surface area (Å²) in [7, 11) is 0. The highest BCUT2D eigenvalue weighted by Crippen LogP contribution is 2.38. The maximum absolute atomic E-state index is 14.1. The van der Waals surface area contributed by atoms with Gasteiger partial charge < -0.3 is 15.3 Å². The van der Waals surface area contributed by atoms with Crippen molar-refractivity contribution in [3.63, 3.8) is 0 Å². The van der Waals surface area contributed by atoms with E-state index in [9.17, 15) is 28.3 Å². The van der Waals surface area contributed by atoms with Crippen molar-refractivity contribution >= 4 is 34.1 Å². The van der Waals surface area contributed by atoms with Crippen LogP contribution in [0.5, 0.6) is 0 Å². The second-order valence-corrected chi connectivity index (χ2v) is 9.12. The van der Waals surface area contributed by atoms with Crippen LogP contribution in [-0.4, -0.2) is 34.3 Å². The first-order valence-corrected chi connectivity index (χ1v) is 11.6. The average molecular weight is 485 g/mol. The number of aryl methyl sites for hydroxylation is 1. The zero-order chi connectivity index (χ0) is 24.4. The molecule has 4 rings (SSSR count). The zero-order valence-electron chi connectivity index (χ0n) is 18.4. The summed E-state index contributed by atoms with van der Waals surface area (Å²) in [5, 5.41) is 12.7. The van der Waals surface area contributed by atoms with E-state index in [4.69, 9.17) is 0 Å². The molecule has 0 bridgehead atoms. The Morgan fingerprint density at radius 3 is 2.50 bits per heavy atom. The molecule has 0 fully saturated rings. The quantitative estimate of drug-likeness (QED) is 0.508. The molecule has 0 atom stereocenters. The van der Waals surface area contributed by atoms with E-state index in [0.717, 1.165) is 41.9 Å². The summed E-state index contributed by atoms with van der Waals surface area (Å²) in [6.45, 7) is 2.31. The van der Waals surface area contributed by atoms with Crippen LogP contribution in [0.3, 0.4) is 0 Å². The number of thiophene rings is 1. The molecule has 3 aromatic rings. The molecule has 1 aliphatic heterocycles. The number of hydrogen-bond acceptors (Lipinski definition) is 4. The molecule has 1 aliphatic rings. The normalized spacial score (nSPS) is 12.9. The SMILES string of the molecule is CCCc1ccc(C(=O)Nc2sc3c(c2C(=O)O)CCN(C(=O)c2ccc(F)cc2F)C3)cc1. The number of benzene rings is 2. The fourth-order valence-electron chi connectivity index (χ4n) is 4.01. The number of fused-ring (bicyclic) bond motifs is 1. The lowest BCUT2D eigenvalue weighted by molar-refractivity contribution is 0.0696. The minimum Gasteiger partial charge on any atom is -0.478 e. The predicted octanol–water partition coefficient (Wildman–Crippen LogP) is 5.13. The summed E-state index contributed by atoms with van der Waals surface area (Å²) in [6, 6.07) is 9.90. The Morgan fingerprint density at radius 1 is 1.12 bits per heavy atom. The molecule has 0 aliphatic carbocycles. The first-order chi connectivity index (χ1) is 16.3. The third-order valence-electron chi connectivity index (χ3n) is 5.70. The van der Waals surface area contributed by atoms with Gasteiger partial charge in [0.2, 0.25) is 0 Å². The molecule has 0 spiro atoms. The minimum atomic E-state index is -1.17. The molecule has 0 radical (unpaired) electrons. The molecule has 0 saturated carbocycles. The van der Waals surface area contributed by atoms with E-state index >= 15 is 0 Å². The topological polar surface area (TPSA) is 86.7 Å². The van der Waals surface area contributed by atoms with E-state index in [0.29, 0.717) is 22.1 Å². The fourth-order valence-corrected chi connectivity index (χ4v) is 5.26. The van der Waals surface area contributed by atoms with Crippen molar-refractivity contribution < 1.29 is 28.3 Å². The summed E-state index contributed by atoms with van der Waals surface area (Å²) < 4.78 is 27.3. The van der Waals surface area contributed by atoms with Crippen molar-refractivity contribution in [1.82, 2.24) is 4.90 Å². The number of rotatable bonds is 6. The van der Waals surface area contributed by atoms with Crippen LogP contribution in [0, 0.1) is 11.6 Å². The summed E-state index contributed by atoms with van der Waals surface area (Å²) in [5.41, 5.74) is 1.83. The number of amides is 2. The third-order valence-corrected chi connectivity index (χ3v) is 6.83. The monoisotopic (exact) mass is 484 g/mol. The average Bonchev–Trinajstić information content (AvgIpc) is 3.16. The Balaban J connectivity index is 1.56. The van der Waals surface area contributed by atoms with Gasteiger partial charge in [-0.25, -0.2) is 13.6 Å². The van der Waals surface area contributed by atoms with Crippen LogP contribution in [0.25, 0.3) is 0 Å². The molecular weight excluding hydrogens is 462 g/mol. The van der Waals surface area contributed by atoms with Crippen molar-refractivity contribution in [2.24, 2.45) is 0 Å². The van der Waals surface area contributed by atoms with E-state index in [2.05, 4.69) is 12.2 Å². The molecule has 1 aromatic heterocycles. The number of carboxylic acid groups (broad SMARTS) is 1. The molecule has 0 saturated heterocycles.